The van der Waals surface area contributed by atoms with Crippen LogP contribution in [0.3, 0.4) is 0 Å². The third-order valence-electron chi connectivity index (χ3n) is 4.17. The van der Waals surface area contributed by atoms with Gasteiger partial charge in [0.25, 0.3) is 0 Å². The van der Waals surface area contributed by atoms with Gasteiger partial charge in [-0.2, -0.15) is 0 Å². The average Bonchev–Trinajstić information content (AvgIpc) is 2.84. The number of ether oxygens (including phenoxy) is 1. The van der Waals surface area contributed by atoms with Crippen molar-refractivity contribution in [2.45, 2.75) is 49.9 Å². The number of H-pyrrole nitrogens is 1. The number of carbonyl (C=O) groups excluding carboxylic acids is 1. The van der Waals surface area contributed by atoms with E-state index in [0.717, 1.165) is 18.7 Å². The Morgan fingerprint density at radius 3 is 2.76 bits per heavy atom. The first-order valence-electron chi connectivity index (χ1n) is 6.40. The van der Waals surface area contributed by atoms with Gasteiger partial charge in [-0.3, -0.25) is 4.79 Å². The lowest BCUT2D eigenvalue weighted by Gasteiger charge is -2.10. The van der Waals surface area contributed by atoms with Gasteiger partial charge in [-0.15, -0.1) is 0 Å². The summed E-state index contributed by atoms with van der Waals surface area (Å²) in [5, 5.41) is 0. The normalized spacial score (nSPS) is 22.6. The molecule has 0 radical (unpaired) electrons. The first-order valence-corrected chi connectivity index (χ1v) is 6.40. The van der Waals surface area contributed by atoms with Crippen LogP contribution in [0.4, 0.5) is 0 Å². The van der Waals surface area contributed by atoms with Crippen LogP contribution in [0.25, 0.3) is 0 Å². The fourth-order valence-corrected chi connectivity index (χ4v) is 2.88. The third-order valence-corrected chi connectivity index (χ3v) is 4.17. The highest BCUT2D eigenvalue weighted by Gasteiger charge is 2.55. The van der Waals surface area contributed by atoms with Crippen LogP contribution in [0, 0.1) is 0 Å². The SMILES string of the molecule is COC(=O)C1(c2ncc(C3CCCC3)[nH]2)CC1. The van der Waals surface area contributed by atoms with Gasteiger partial charge in [0.1, 0.15) is 11.2 Å². The molecule has 4 nitrogen and oxygen atoms in total. The van der Waals surface area contributed by atoms with E-state index in [0.29, 0.717) is 5.92 Å². The predicted octanol–water partition coefficient (Wildman–Crippen LogP) is 2.27. The van der Waals surface area contributed by atoms with Gasteiger partial charge in [-0.1, -0.05) is 12.8 Å². The van der Waals surface area contributed by atoms with Crippen molar-refractivity contribution >= 4 is 5.97 Å². The van der Waals surface area contributed by atoms with E-state index in [-0.39, 0.29) is 5.97 Å². The molecule has 17 heavy (non-hydrogen) atoms. The van der Waals surface area contributed by atoms with E-state index >= 15 is 0 Å². The van der Waals surface area contributed by atoms with Gasteiger partial charge >= 0.3 is 5.97 Å². The van der Waals surface area contributed by atoms with Crippen molar-refractivity contribution in [3.05, 3.63) is 17.7 Å². The second kappa shape index (κ2) is 3.86. The zero-order valence-corrected chi connectivity index (χ0v) is 10.2. The minimum absolute atomic E-state index is 0.148. The maximum atomic E-state index is 11.7. The molecule has 2 saturated carbocycles. The molecule has 1 N–H and O–H groups in total. The van der Waals surface area contributed by atoms with Gasteiger partial charge in [0, 0.05) is 17.8 Å². The number of nitrogens with one attached hydrogen (secondary N) is 1. The van der Waals surface area contributed by atoms with Crippen LogP contribution in [0.1, 0.15) is 56.0 Å². The quantitative estimate of drug-likeness (QED) is 0.816. The molecule has 0 unspecified atom stereocenters. The predicted molar refractivity (Wildman–Crippen MR) is 62.7 cm³/mol. The van der Waals surface area contributed by atoms with E-state index < -0.39 is 5.41 Å². The lowest BCUT2D eigenvalue weighted by molar-refractivity contribution is -0.143. The van der Waals surface area contributed by atoms with Crippen LogP contribution in [-0.4, -0.2) is 23.0 Å². The summed E-state index contributed by atoms with van der Waals surface area (Å²) in [6.07, 6.45) is 8.73. The standard InChI is InChI=1S/C13H18N2O2/c1-17-12(16)13(6-7-13)11-14-8-10(15-11)9-4-2-3-5-9/h8-9H,2-7H2,1H3,(H,14,15). The van der Waals surface area contributed by atoms with E-state index in [1.807, 2.05) is 6.20 Å². The van der Waals surface area contributed by atoms with Crippen molar-refractivity contribution in [2.75, 3.05) is 7.11 Å². The summed E-state index contributed by atoms with van der Waals surface area (Å²) >= 11 is 0. The van der Waals surface area contributed by atoms with E-state index in [1.165, 1.54) is 38.5 Å². The Morgan fingerprint density at radius 2 is 2.18 bits per heavy atom. The van der Waals surface area contributed by atoms with Crippen LogP contribution in [0.15, 0.2) is 6.20 Å². The summed E-state index contributed by atoms with van der Waals surface area (Å²) in [6.45, 7) is 0. The van der Waals surface area contributed by atoms with Crippen molar-refractivity contribution in [2.24, 2.45) is 0 Å². The Hall–Kier alpha value is -1.32. The van der Waals surface area contributed by atoms with E-state index in [4.69, 9.17) is 4.74 Å². The fourth-order valence-electron chi connectivity index (χ4n) is 2.88. The monoisotopic (exact) mass is 234 g/mol. The highest BCUT2D eigenvalue weighted by molar-refractivity contribution is 5.85. The molecule has 0 amide bonds. The zero-order chi connectivity index (χ0) is 11.9. The lowest BCUT2D eigenvalue weighted by atomic mass is 10.1. The van der Waals surface area contributed by atoms with Crippen LogP contribution in [0.5, 0.6) is 0 Å². The first kappa shape index (κ1) is 10.8. The van der Waals surface area contributed by atoms with Gasteiger partial charge in [-0.05, 0) is 25.7 Å². The van der Waals surface area contributed by atoms with Crippen molar-refractivity contribution in [3.8, 4) is 0 Å². The summed E-state index contributed by atoms with van der Waals surface area (Å²) in [4.78, 5) is 19.5. The summed E-state index contributed by atoms with van der Waals surface area (Å²) < 4.78 is 4.87. The second-order valence-electron chi connectivity index (χ2n) is 5.24. The van der Waals surface area contributed by atoms with E-state index in [1.54, 1.807) is 0 Å². The number of hydrogen-bond acceptors (Lipinski definition) is 3. The lowest BCUT2D eigenvalue weighted by Crippen LogP contribution is -2.23. The highest BCUT2D eigenvalue weighted by atomic mass is 16.5. The number of methoxy groups -OCH3 is 1. The molecular weight excluding hydrogens is 216 g/mol. The number of aromatic amines is 1. The van der Waals surface area contributed by atoms with E-state index in [2.05, 4.69) is 9.97 Å². The maximum absolute atomic E-state index is 11.7. The molecule has 92 valence electrons. The van der Waals surface area contributed by atoms with Crippen molar-refractivity contribution < 1.29 is 9.53 Å². The molecule has 2 aliphatic rings. The van der Waals surface area contributed by atoms with Gasteiger partial charge in [0.2, 0.25) is 0 Å². The fraction of sp³-hybridized carbons (Fsp3) is 0.692. The number of rotatable bonds is 3. The largest absolute Gasteiger partial charge is 0.468 e. The minimum Gasteiger partial charge on any atom is -0.468 e. The van der Waals surface area contributed by atoms with E-state index in [9.17, 15) is 4.79 Å². The minimum atomic E-state index is -0.453. The summed E-state index contributed by atoms with van der Waals surface area (Å²) in [6, 6.07) is 0. The van der Waals surface area contributed by atoms with Crippen molar-refractivity contribution in [3.63, 3.8) is 0 Å². The zero-order valence-electron chi connectivity index (χ0n) is 10.2. The Bertz CT molecular complexity index is 428. The summed E-state index contributed by atoms with van der Waals surface area (Å²) in [7, 11) is 1.45. The molecule has 4 heteroatoms. The van der Waals surface area contributed by atoms with Gasteiger partial charge in [0.15, 0.2) is 0 Å². The van der Waals surface area contributed by atoms with Gasteiger partial charge in [0.05, 0.1) is 7.11 Å². The molecule has 2 fully saturated rings. The van der Waals surface area contributed by atoms with Gasteiger partial charge < -0.3 is 9.72 Å². The maximum Gasteiger partial charge on any atom is 0.319 e. The Morgan fingerprint density at radius 1 is 1.47 bits per heavy atom. The van der Waals surface area contributed by atoms with Crippen LogP contribution in [-0.2, 0) is 14.9 Å². The average molecular weight is 234 g/mol. The Balaban J connectivity index is 1.83. The topological polar surface area (TPSA) is 55.0 Å². The molecule has 3 rings (SSSR count). The molecule has 0 aromatic carbocycles. The van der Waals surface area contributed by atoms with Crippen LogP contribution >= 0.6 is 0 Å². The molecule has 0 aliphatic heterocycles. The smallest absolute Gasteiger partial charge is 0.319 e. The van der Waals surface area contributed by atoms with Gasteiger partial charge in [-0.25, -0.2) is 4.98 Å². The second-order valence-corrected chi connectivity index (χ2v) is 5.24. The molecule has 2 aliphatic carbocycles. The molecule has 0 spiro atoms. The molecule has 1 heterocycles. The number of hydrogen-bond donors (Lipinski definition) is 1. The molecule has 1 aromatic rings. The Kier molecular flexibility index (Phi) is 2.45. The molecular formula is C13H18N2O2. The molecule has 0 atom stereocenters. The number of carbonyl (C=O) groups is 1. The molecule has 1 aromatic heterocycles. The number of aromatic nitrogens is 2. The summed E-state index contributed by atoms with van der Waals surface area (Å²) in [5.41, 5.74) is 0.749. The molecule has 0 saturated heterocycles. The van der Waals surface area contributed by atoms with Crippen LogP contribution < -0.4 is 0 Å². The van der Waals surface area contributed by atoms with Crippen molar-refractivity contribution in [1.29, 1.82) is 0 Å². The first-order chi connectivity index (χ1) is 8.26. The van der Waals surface area contributed by atoms with Crippen molar-refractivity contribution in [1.82, 2.24) is 9.97 Å². The third kappa shape index (κ3) is 1.66. The Labute approximate surface area is 101 Å². The number of esters is 1. The number of nitrogens with zero attached hydrogens (tertiary/aromatic N) is 1. The summed E-state index contributed by atoms with van der Waals surface area (Å²) in [5.74, 6) is 1.28. The molecule has 0 bridgehead atoms. The number of imidazole rings is 1. The highest BCUT2D eigenvalue weighted by Crippen LogP contribution is 2.48. The van der Waals surface area contributed by atoms with Crippen LogP contribution in [0.2, 0.25) is 0 Å².